The van der Waals surface area contributed by atoms with Crippen molar-refractivity contribution in [3.63, 3.8) is 0 Å². The number of rotatable bonds is 3. The first-order chi connectivity index (χ1) is 6.15. The number of benzene rings is 1. The van der Waals surface area contributed by atoms with Gasteiger partial charge in [0, 0.05) is 4.90 Å². The topological polar surface area (TPSA) is 75.3 Å². The number of carboxylic acids is 1. The highest BCUT2D eigenvalue weighted by atomic mass is 32.1. The van der Waals surface area contributed by atoms with Gasteiger partial charge in [-0.25, -0.2) is 0 Å². The number of nitrogens with two attached hydrogens (primary N) is 1. The van der Waals surface area contributed by atoms with Gasteiger partial charge in [-0.3, -0.25) is 10.6 Å². The molecular formula is C8H10N2O2S. The summed E-state index contributed by atoms with van der Waals surface area (Å²) in [6.07, 6.45) is -0.0616. The van der Waals surface area contributed by atoms with Crippen LogP contribution in [0.25, 0.3) is 0 Å². The lowest BCUT2D eigenvalue weighted by atomic mass is 10.1. The summed E-state index contributed by atoms with van der Waals surface area (Å²) in [6.45, 7) is 0. The molecule has 70 valence electrons. The Morgan fingerprint density at radius 2 is 2.31 bits per heavy atom. The summed E-state index contributed by atoms with van der Waals surface area (Å²) >= 11 is 4.13. The van der Waals surface area contributed by atoms with Gasteiger partial charge in [0.1, 0.15) is 0 Å². The Balaban J connectivity index is 3.05. The van der Waals surface area contributed by atoms with Crippen molar-refractivity contribution < 1.29 is 9.90 Å². The maximum Gasteiger partial charge on any atom is 0.307 e. The lowest BCUT2D eigenvalue weighted by molar-refractivity contribution is -0.136. The van der Waals surface area contributed by atoms with E-state index in [4.69, 9.17) is 10.9 Å². The molecule has 13 heavy (non-hydrogen) atoms. The first-order valence-electron chi connectivity index (χ1n) is 3.64. The summed E-state index contributed by atoms with van der Waals surface area (Å²) < 4.78 is 0. The maximum atomic E-state index is 10.5. The molecule has 0 aromatic heterocycles. The van der Waals surface area contributed by atoms with Crippen molar-refractivity contribution in [2.75, 3.05) is 5.43 Å². The lowest BCUT2D eigenvalue weighted by Crippen LogP contribution is -2.12. The number of nitrogens with one attached hydrogen (secondary N) is 1. The second-order valence-corrected chi connectivity index (χ2v) is 3.01. The smallest absolute Gasteiger partial charge is 0.307 e. The molecule has 0 aliphatic heterocycles. The number of hydrogen-bond acceptors (Lipinski definition) is 4. The van der Waals surface area contributed by atoms with E-state index in [1.54, 1.807) is 18.2 Å². The van der Waals surface area contributed by atoms with Crippen molar-refractivity contribution >= 4 is 24.3 Å². The molecule has 1 aromatic rings. The highest BCUT2D eigenvalue weighted by Crippen LogP contribution is 2.23. The molecule has 0 saturated heterocycles. The average molecular weight is 198 g/mol. The van der Waals surface area contributed by atoms with E-state index < -0.39 is 5.97 Å². The molecule has 0 unspecified atom stereocenters. The van der Waals surface area contributed by atoms with Crippen LogP contribution in [0.15, 0.2) is 23.1 Å². The number of hydrazine groups is 1. The van der Waals surface area contributed by atoms with Crippen LogP contribution in [0.5, 0.6) is 0 Å². The molecule has 0 fully saturated rings. The molecule has 0 saturated carbocycles. The molecule has 4 N–H and O–H groups in total. The quantitative estimate of drug-likeness (QED) is 0.330. The molecule has 0 atom stereocenters. The SMILES string of the molecule is NNc1c(S)cccc1CC(=O)O. The van der Waals surface area contributed by atoms with Gasteiger partial charge in [0.25, 0.3) is 0 Å². The number of aliphatic carboxylic acids is 1. The van der Waals surface area contributed by atoms with Gasteiger partial charge in [-0.15, -0.1) is 12.6 Å². The van der Waals surface area contributed by atoms with E-state index in [2.05, 4.69) is 18.1 Å². The third kappa shape index (κ3) is 2.37. The van der Waals surface area contributed by atoms with Gasteiger partial charge in [-0.1, -0.05) is 12.1 Å². The van der Waals surface area contributed by atoms with Crippen molar-refractivity contribution in [1.29, 1.82) is 0 Å². The number of hydrogen-bond donors (Lipinski definition) is 4. The van der Waals surface area contributed by atoms with E-state index >= 15 is 0 Å². The van der Waals surface area contributed by atoms with Crippen LogP contribution in [-0.2, 0) is 11.2 Å². The summed E-state index contributed by atoms with van der Waals surface area (Å²) in [5.74, 6) is 4.34. The van der Waals surface area contributed by atoms with E-state index in [-0.39, 0.29) is 6.42 Å². The summed E-state index contributed by atoms with van der Waals surface area (Å²) in [7, 11) is 0. The van der Waals surface area contributed by atoms with Crippen molar-refractivity contribution in [1.82, 2.24) is 0 Å². The predicted molar refractivity (Wildman–Crippen MR) is 52.8 cm³/mol. The lowest BCUT2D eigenvalue weighted by Gasteiger charge is -2.08. The van der Waals surface area contributed by atoms with Crippen LogP contribution in [-0.4, -0.2) is 11.1 Å². The summed E-state index contributed by atoms with van der Waals surface area (Å²) in [5.41, 5.74) is 3.62. The molecule has 0 heterocycles. The second-order valence-electron chi connectivity index (χ2n) is 2.53. The zero-order valence-corrected chi connectivity index (χ0v) is 7.71. The molecule has 0 aliphatic carbocycles. The fraction of sp³-hybridized carbons (Fsp3) is 0.125. The number of para-hydroxylation sites is 1. The van der Waals surface area contributed by atoms with E-state index in [1.165, 1.54) is 0 Å². The fourth-order valence-electron chi connectivity index (χ4n) is 1.06. The Morgan fingerprint density at radius 3 is 2.85 bits per heavy atom. The van der Waals surface area contributed by atoms with Gasteiger partial charge in [-0.2, -0.15) is 0 Å². The summed E-state index contributed by atoms with van der Waals surface area (Å²) in [5, 5.41) is 8.58. The molecule has 1 aromatic carbocycles. The van der Waals surface area contributed by atoms with Crippen molar-refractivity contribution in [2.24, 2.45) is 5.84 Å². The van der Waals surface area contributed by atoms with Crippen LogP contribution >= 0.6 is 12.6 Å². The second kappa shape index (κ2) is 4.15. The molecule has 0 bridgehead atoms. The average Bonchev–Trinajstić information content (AvgIpc) is 2.03. The minimum atomic E-state index is -0.893. The van der Waals surface area contributed by atoms with E-state index in [0.717, 1.165) is 0 Å². The van der Waals surface area contributed by atoms with Gasteiger partial charge in [0.05, 0.1) is 12.1 Å². The van der Waals surface area contributed by atoms with Gasteiger partial charge in [0.15, 0.2) is 0 Å². The number of thiol groups is 1. The number of nitrogen functional groups attached to an aromatic ring is 1. The minimum Gasteiger partial charge on any atom is -0.481 e. The Labute approximate surface area is 81.1 Å². The van der Waals surface area contributed by atoms with Crippen molar-refractivity contribution in [3.8, 4) is 0 Å². The molecule has 1 rings (SSSR count). The highest BCUT2D eigenvalue weighted by Gasteiger charge is 2.07. The third-order valence-corrected chi connectivity index (χ3v) is 1.99. The first kappa shape index (κ1) is 9.88. The summed E-state index contributed by atoms with van der Waals surface area (Å²) in [4.78, 5) is 11.1. The largest absolute Gasteiger partial charge is 0.481 e. The van der Waals surface area contributed by atoms with Gasteiger partial charge in [-0.05, 0) is 11.6 Å². The summed E-state index contributed by atoms with van der Waals surface area (Å²) in [6, 6.07) is 5.17. The van der Waals surface area contributed by atoms with Gasteiger partial charge < -0.3 is 10.5 Å². The highest BCUT2D eigenvalue weighted by molar-refractivity contribution is 7.80. The van der Waals surface area contributed by atoms with Crippen LogP contribution in [0, 0.1) is 0 Å². The number of anilines is 1. The minimum absolute atomic E-state index is 0.0616. The number of carbonyl (C=O) groups is 1. The van der Waals surface area contributed by atoms with Crippen molar-refractivity contribution in [2.45, 2.75) is 11.3 Å². The van der Waals surface area contributed by atoms with Gasteiger partial charge >= 0.3 is 5.97 Å². The molecule has 0 aliphatic rings. The molecular weight excluding hydrogens is 188 g/mol. The van der Waals surface area contributed by atoms with Crippen LogP contribution < -0.4 is 11.3 Å². The Kier molecular flexibility index (Phi) is 3.16. The first-order valence-corrected chi connectivity index (χ1v) is 4.09. The van der Waals surface area contributed by atoms with E-state index in [0.29, 0.717) is 16.1 Å². The maximum absolute atomic E-state index is 10.5. The Bertz CT molecular complexity index is 328. The predicted octanol–water partition coefficient (Wildman–Crippen LogP) is 0.888. The van der Waals surface area contributed by atoms with Crippen LogP contribution in [0.2, 0.25) is 0 Å². The third-order valence-electron chi connectivity index (χ3n) is 1.61. The normalized spacial score (nSPS) is 9.69. The zero-order valence-electron chi connectivity index (χ0n) is 6.82. The molecule has 5 heteroatoms. The monoisotopic (exact) mass is 198 g/mol. The van der Waals surface area contributed by atoms with Crippen LogP contribution in [0.1, 0.15) is 5.56 Å². The van der Waals surface area contributed by atoms with E-state index in [9.17, 15) is 4.79 Å². The van der Waals surface area contributed by atoms with Crippen LogP contribution in [0.3, 0.4) is 0 Å². The fourth-order valence-corrected chi connectivity index (χ4v) is 1.36. The number of carboxylic acid groups (broad SMARTS) is 1. The van der Waals surface area contributed by atoms with Crippen molar-refractivity contribution in [3.05, 3.63) is 23.8 Å². The molecule has 0 amide bonds. The van der Waals surface area contributed by atoms with Crippen LogP contribution in [0.4, 0.5) is 5.69 Å². The molecule has 4 nitrogen and oxygen atoms in total. The van der Waals surface area contributed by atoms with Gasteiger partial charge in [0.2, 0.25) is 0 Å². The van der Waals surface area contributed by atoms with E-state index in [1.807, 2.05) is 0 Å². The molecule has 0 radical (unpaired) electrons. The zero-order chi connectivity index (χ0) is 9.84. The molecule has 0 spiro atoms. The Morgan fingerprint density at radius 1 is 1.62 bits per heavy atom. The Hall–Kier alpha value is -1.20. The standard InChI is InChI=1S/C8H10N2O2S/c9-10-8-5(4-7(11)12)2-1-3-6(8)13/h1-3,10,13H,4,9H2,(H,11,12).